The number of hydrogen-bond donors (Lipinski definition) is 1. The third-order valence-corrected chi connectivity index (χ3v) is 6.15. The zero-order valence-electron chi connectivity index (χ0n) is 13.6. The van der Waals surface area contributed by atoms with Crippen LogP contribution in [-0.4, -0.2) is 33.1 Å². The molecule has 0 saturated heterocycles. The fourth-order valence-electron chi connectivity index (χ4n) is 3.44. The van der Waals surface area contributed by atoms with Crippen molar-refractivity contribution in [2.24, 2.45) is 5.92 Å². The number of nitrogens with zero attached hydrogens (tertiary/aromatic N) is 2. The highest BCUT2D eigenvalue weighted by atomic mass is 32.2. The largest absolute Gasteiger partial charge is 0.353 e. The molecule has 3 rings (SSSR count). The van der Waals surface area contributed by atoms with Gasteiger partial charge in [-0.25, -0.2) is 18.7 Å². The summed E-state index contributed by atoms with van der Waals surface area (Å²) < 4.78 is 26.4. The molecule has 0 aromatic carbocycles. The number of halogens is 2. The van der Waals surface area contributed by atoms with E-state index in [1.165, 1.54) is 0 Å². The molecule has 7 heteroatoms. The smallest absolute Gasteiger partial charge is 0.248 e. The molecule has 2 aliphatic carbocycles. The molecular weight excluding hydrogens is 332 g/mol. The molecule has 1 aromatic heterocycles. The minimum Gasteiger partial charge on any atom is -0.353 e. The Labute approximate surface area is 145 Å². The van der Waals surface area contributed by atoms with Gasteiger partial charge >= 0.3 is 0 Å². The van der Waals surface area contributed by atoms with Crippen LogP contribution in [0.5, 0.6) is 0 Å². The van der Waals surface area contributed by atoms with Crippen LogP contribution in [0.2, 0.25) is 0 Å². The Bertz CT molecular complexity index is 540. The van der Waals surface area contributed by atoms with E-state index in [2.05, 4.69) is 15.3 Å². The normalized spacial score (nSPS) is 27.6. The number of amides is 1. The van der Waals surface area contributed by atoms with Gasteiger partial charge in [-0.1, -0.05) is 11.8 Å². The lowest BCUT2D eigenvalue weighted by atomic mass is 9.85. The summed E-state index contributed by atoms with van der Waals surface area (Å²) in [6.45, 7) is 0. The molecule has 0 bridgehead atoms. The van der Waals surface area contributed by atoms with Crippen molar-refractivity contribution in [1.82, 2.24) is 15.3 Å². The maximum atomic E-state index is 13.2. The zero-order chi connectivity index (χ0) is 17.0. The zero-order valence-corrected chi connectivity index (χ0v) is 14.4. The first kappa shape index (κ1) is 17.6. The van der Waals surface area contributed by atoms with Crippen molar-refractivity contribution in [1.29, 1.82) is 0 Å². The van der Waals surface area contributed by atoms with E-state index in [1.807, 2.05) is 0 Å². The van der Waals surface area contributed by atoms with Crippen molar-refractivity contribution >= 4 is 17.7 Å². The van der Waals surface area contributed by atoms with Gasteiger partial charge in [-0.15, -0.1) is 0 Å². The van der Waals surface area contributed by atoms with Crippen molar-refractivity contribution in [3.05, 3.63) is 18.5 Å². The number of thioether (sulfide) groups is 1. The maximum absolute atomic E-state index is 13.2. The van der Waals surface area contributed by atoms with Crippen LogP contribution in [0.1, 0.15) is 51.4 Å². The van der Waals surface area contributed by atoms with Crippen LogP contribution >= 0.6 is 11.8 Å². The minimum absolute atomic E-state index is 0.0343. The van der Waals surface area contributed by atoms with E-state index in [-0.39, 0.29) is 30.7 Å². The SMILES string of the molecule is O=C(NC1CCC(Sc2ncccn2)CC1)C1CCC(F)(F)CC1. The molecule has 2 aliphatic rings. The topological polar surface area (TPSA) is 54.9 Å². The molecule has 0 atom stereocenters. The van der Waals surface area contributed by atoms with Gasteiger partial charge in [-0.3, -0.25) is 4.79 Å². The van der Waals surface area contributed by atoms with Gasteiger partial charge in [0.25, 0.3) is 0 Å². The average molecular weight is 355 g/mol. The molecule has 1 N–H and O–H groups in total. The number of nitrogens with one attached hydrogen (secondary N) is 1. The van der Waals surface area contributed by atoms with Gasteiger partial charge in [0.15, 0.2) is 5.16 Å². The van der Waals surface area contributed by atoms with E-state index in [0.717, 1.165) is 30.8 Å². The molecule has 4 nitrogen and oxygen atoms in total. The summed E-state index contributed by atoms with van der Waals surface area (Å²) in [5, 5.41) is 4.36. The second-order valence-corrected chi connectivity index (χ2v) is 8.03. The number of rotatable bonds is 4. The van der Waals surface area contributed by atoms with Crippen molar-refractivity contribution in [3.8, 4) is 0 Å². The molecule has 0 radical (unpaired) electrons. The molecule has 1 heterocycles. The Morgan fingerprint density at radius 1 is 1.08 bits per heavy atom. The fourth-order valence-corrected chi connectivity index (χ4v) is 4.49. The highest BCUT2D eigenvalue weighted by Gasteiger charge is 2.38. The van der Waals surface area contributed by atoms with Crippen LogP contribution in [0.3, 0.4) is 0 Å². The first-order valence-electron chi connectivity index (χ1n) is 8.64. The van der Waals surface area contributed by atoms with Gasteiger partial charge in [0.1, 0.15) is 0 Å². The molecule has 0 spiro atoms. The Morgan fingerprint density at radius 2 is 1.71 bits per heavy atom. The Hall–Kier alpha value is -1.24. The van der Waals surface area contributed by atoms with E-state index in [1.54, 1.807) is 30.2 Å². The van der Waals surface area contributed by atoms with Gasteiger partial charge in [0, 0.05) is 42.4 Å². The molecule has 0 aliphatic heterocycles. The quantitative estimate of drug-likeness (QED) is 0.834. The van der Waals surface area contributed by atoms with E-state index >= 15 is 0 Å². The molecule has 132 valence electrons. The van der Waals surface area contributed by atoms with Crippen molar-refractivity contribution in [2.75, 3.05) is 0 Å². The standard InChI is InChI=1S/C17H23F2N3OS/c18-17(19)8-6-12(7-9-17)15(23)22-13-2-4-14(5-3-13)24-16-20-10-1-11-21-16/h1,10-14H,2-9H2,(H,22,23). The van der Waals surface area contributed by atoms with Crippen molar-refractivity contribution in [3.63, 3.8) is 0 Å². The molecular formula is C17H23F2N3OS. The van der Waals surface area contributed by atoms with E-state index in [0.29, 0.717) is 18.1 Å². The summed E-state index contributed by atoms with van der Waals surface area (Å²) in [5.41, 5.74) is 0. The molecule has 2 saturated carbocycles. The second kappa shape index (κ2) is 7.76. The molecule has 1 amide bonds. The van der Waals surface area contributed by atoms with Gasteiger partial charge in [0.05, 0.1) is 0 Å². The fraction of sp³-hybridized carbons (Fsp3) is 0.706. The van der Waals surface area contributed by atoms with Crippen LogP contribution in [0, 0.1) is 5.92 Å². The number of alkyl halides is 2. The highest BCUT2D eigenvalue weighted by Crippen LogP contribution is 2.37. The lowest BCUT2D eigenvalue weighted by molar-refractivity contribution is -0.130. The van der Waals surface area contributed by atoms with E-state index in [9.17, 15) is 13.6 Å². The van der Waals surface area contributed by atoms with Crippen LogP contribution in [0.15, 0.2) is 23.6 Å². The number of aromatic nitrogens is 2. The first-order valence-corrected chi connectivity index (χ1v) is 9.52. The summed E-state index contributed by atoms with van der Waals surface area (Å²) in [4.78, 5) is 20.7. The first-order chi connectivity index (χ1) is 11.5. The minimum atomic E-state index is -2.58. The van der Waals surface area contributed by atoms with E-state index < -0.39 is 5.92 Å². The summed E-state index contributed by atoms with van der Waals surface area (Å²) in [5.74, 6) is -2.85. The Balaban J connectivity index is 1.40. The highest BCUT2D eigenvalue weighted by molar-refractivity contribution is 7.99. The molecule has 2 fully saturated rings. The van der Waals surface area contributed by atoms with Gasteiger partial charge in [-0.05, 0) is 44.6 Å². The number of carbonyl (C=O) groups is 1. The monoisotopic (exact) mass is 355 g/mol. The summed E-state index contributed by atoms with van der Waals surface area (Å²) in [7, 11) is 0. The number of carbonyl (C=O) groups excluding carboxylic acids is 1. The molecule has 24 heavy (non-hydrogen) atoms. The van der Waals surface area contributed by atoms with Gasteiger partial charge < -0.3 is 5.32 Å². The second-order valence-electron chi connectivity index (χ2n) is 6.76. The van der Waals surface area contributed by atoms with E-state index in [4.69, 9.17) is 0 Å². The number of hydrogen-bond acceptors (Lipinski definition) is 4. The maximum Gasteiger partial charge on any atom is 0.248 e. The molecule has 0 unspecified atom stereocenters. The summed E-state index contributed by atoms with van der Waals surface area (Å²) in [6, 6.07) is 1.98. The van der Waals surface area contributed by atoms with Crippen LogP contribution < -0.4 is 5.32 Å². The Kier molecular flexibility index (Phi) is 5.69. The predicted octanol–water partition coefficient (Wildman–Crippen LogP) is 3.82. The lowest BCUT2D eigenvalue weighted by Crippen LogP contribution is -2.43. The summed E-state index contributed by atoms with van der Waals surface area (Å²) in [6.07, 6.45) is 7.65. The lowest BCUT2D eigenvalue weighted by Gasteiger charge is -2.31. The predicted molar refractivity (Wildman–Crippen MR) is 89.0 cm³/mol. The Morgan fingerprint density at radius 3 is 2.33 bits per heavy atom. The summed E-state index contributed by atoms with van der Waals surface area (Å²) >= 11 is 1.70. The molecule has 1 aromatic rings. The van der Waals surface area contributed by atoms with Crippen molar-refractivity contribution in [2.45, 2.75) is 73.7 Å². The van der Waals surface area contributed by atoms with Crippen molar-refractivity contribution < 1.29 is 13.6 Å². The van der Waals surface area contributed by atoms with Crippen LogP contribution in [0.25, 0.3) is 0 Å². The third-order valence-electron chi connectivity index (χ3n) is 4.92. The van der Waals surface area contributed by atoms with Crippen LogP contribution in [-0.2, 0) is 4.79 Å². The average Bonchev–Trinajstić information content (AvgIpc) is 2.57. The van der Waals surface area contributed by atoms with Crippen LogP contribution in [0.4, 0.5) is 8.78 Å². The van der Waals surface area contributed by atoms with Gasteiger partial charge in [0.2, 0.25) is 11.8 Å². The van der Waals surface area contributed by atoms with Gasteiger partial charge in [-0.2, -0.15) is 0 Å². The third kappa shape index (κ3) is 4.88.